The first-order valence-electron chi connectivity index (χ1n) is 3.93. The summed E-state index contributed by atoms with van der Waals surface area (Å²) in [5.41, 5.74) is 22.5. The second-order valence-electron chi connectivity index (χ2n) is 2.75. The summed E-state index contributed by atoms with van der Waals surface area (Å²) < 4.78 is 0. The van der Waals surface area contributed by atoms with Crippen LogP contribution in [0, 0.1) is 5.53 Å². The second-order valence-corrected chi connectivity index (χ2v) is 2.75. The van der Waals surface area contributed by atoms with Gasteiger partial charge in [0.2, 0.25) is 0 Å². The van der Waals surface area contributed by atoms with Gasteiger partial charge in [-0.2, -0.15) is 4.79 Å². The predicted octanol–water partition coefficient (Wildman–Crippen LogP) is 1.94. The third kappa shape index (κ3) is 4.11. The van der Waals surface area contributed by atoms with E-state index in [2.05, 4.69) is 4.79 Å². The fourth-order valence-corrected chi connectivity index (χ4v) is 0.933. The summed E-state index contributed by atoms with van der Waals surface area (Å²) in [6.07, 6.45) is 6.48. The Morgan fingerprint density at radius 2 is 1.93 bits per heavy atom. The van der Waals surface area contributed by atoms with Crippen LogP contribution in [0.1, 0.15) is 6.42 Å². The lowest BCUT2D eigenvalue weighted by Crippen LogP contribution is -2.12. The molecule has 0 aromatic heterocycles. The number of likely N-dealkylation sites (N-methyl/N-ethyl adjacent to an activating group) is 1. The zero-order valence-electron chi connectivity index (χ0n) is 8.18. The molecule has 6 heteroatoms. The van der Waals surface area contributed by atoms with E-state index in [1.54, 1.807) is 4.91 Å². The molecule has 1 aliphatic rings. The zero-order chi connectivity index (χ0) is 11.0. The van der Waals surface area contributed by atoms with Crippen molar-refractivity contribution >= 4 is 5.71 Å². The van der Waals surface area contributed by atoms with Gasteiger partial charge in [-0.1, -0.05) is 0 Å². The van der Waals surface area contributed by atoms with Crippen LogP contribution in [0.25, 0.3) is 16.0 Å². The number of rotatable bonds is 1. The average Bonchev–Trinajstić information content (AvgIpc) is 2.19. The summed E-state index contributed by atoms with van der Waals surface area (Å²) in [6, 6.07) is 0. The molecule has 0 unspecified atom stereocenters. The Morgan fingerprint density at radius 3 is 2.21 bits per heavy atom. The van der Waals surface area contributed by atoms with Gasteiger partial charge in [-0.25, -0.2) is 0 Å². The number of nitrogens with zero attached hydrogens (tertiary/aromatic N) is 5. The van der Waals surface area contributed by atoms with Crippen LogP contribution >= 0.6 is 0 Å². The van der Waals surface area contributed by atoms with Gasteiger partial charge in [-0.3, -0.25) is 0 Å². The summed E-state index contributed by atoms with van der Waals surface area (Å²) in [5, 5.41) is 0. The van der Waals surface area contributed by atoms with E-state index in [-0.39, 0.29) is 0 Å². The quantitative estimate of drug-likeness (QED) is 0.383. The van der Waals surface area contributed by atoms with Crippen LogP contribution in [-0.2, 0) is 0 Å². The summed E-state index contributed by atoms with van der Waals surface area (Å²) in [7, 11) is 3.97. The third-order valence-corrected chi connectivity index (χ3v) is 1.61. The number of allylic oxidation sites excluding steroid dienone is 3. The van der Waals surface area contributed by atoms with Gasteiger partial charge in [-0.05, 0) is 22.6 Å². The third-order valence-electron chi connectivity index (χ3n) is 1.61. The van der Waals surface area contributed by atoms with E-state index in [0.717, 1.165) is 5.70 Å². The Bertz CT molecular complexity index is 326. The van der Waals surface area contributed by atoms with Crippen molar-refractivity contribution in [1.82, 2.24) is 4.90 Å². The molecule has 0 saturated heterocycles. The maximum absolute atomic E-state index is 8.41. The molecule has 0 fully saturated rings. The summed E-state index contributed by atoms with van der Waals surface area (Å²) >= 11 is 0. The lowest BCUT2D eigenvalue weighted by atomic mass is 10.1. The van der Waals surface area contributed by atoms with E-state index in [4.69, 9.17) is 16.6 Å². The average molecular weight is 192 g/mol. The van der Waals surface area contributed by atoms with E-state index < -0.39 is 0 Å². The lowest BCUT2D eigenvalue weighted by molar-refractivity contribution is -0.00545. The van der Waals surface area contributed by atoms with Crippen molar-refractivity contribution in [2.45, 2.75) is 6.42 Å². The number of nitrogens with one attached hydrogen (secondary N) is 1. The molecule has 0 atom stereocenters. The van der Waals surface area contributed by atoms with Crippen LogP contribution in [-0.4, -0.2) is 29.5 Å². The molecular weight excluding hydrogens is 180 g/mol. The molecule has 14 heavy (non-hydrogen) atoms. The van der Waals surface area contributed by atoms with Crippen LogP contribution < -0.4 is 0 Å². The summed E-state index contributed by atoms with van der Waals surface area (Å²) in [5.74, 6) is 0. The summed E-state index contributed by atoms with van der Waals surface area (Å²) in [6.45, 7) is 0. The minimum atomic E-state index is 0.704. The molecular formula is C8H12N6. The van der Waals surface area contributed by atoms with Gasteiger partial charge < -0.3 is 10.4 Å². The molecule has 74 valence electrons. The minimum absolute atomic E-state index is 0.704. The lowest BCUT2D eigenvalue weighted by Gasteiger charge is -2.14. The van der Waals surface area contributed by atoms with Crippen molar-refractivity contribution in [2.75, 3.05) is 14.1 Å². The Kier molecular flexibility index (Phi) is 5.54. The van der Waals surface area contributed by atoms with Crippen molar-refractivity contribution in [3.8, 4) is 0 Å². The SMILES string of the molecule is CN(C)C1=CCC(=[N+]=[N-])C=C1.[N-]=[N+]=N. The topological polar surface area (TPSA) is 99.9 Å². The maximum atomic E-state index is 8.41. The van der Waals surface area contributed by atoms with Crippen LogP contribution in [0.5, 0.6) is 0 Å². The van der Waals surface area contributed by atoms with Gasteiger partial charge in [0.05, 0.1) is 6.42 Å². The molecule has 0 heterocycles. The normalized spacial score (nSPS) is 13.0. The molecule has 0 saturated carbocycles. The van der Waals surface area contributed by atoms with Crippen molar-refractivity contribution in [2.24, 2.45) is 0 Å². The molecule has 0 aliphatic heterocycles. The maximum Gasteiger partial charge on any atom is 0.295 e. The molecule has 0 spiro atoms. The molecule has 1 aliphatic carbocycles. The molecule has 6 nitrogen and oxygen atoms in total. The number of hydrogen-bond acceptors (Lipinski definition) is 2. The Hall–Kier alpha value is -2.03. The standard InChI is InChI=1S/C8H11N3.HN3/c1-11(2)8-5-3-7(10-9)4-6-8;1-3-2/h3,5-6H,4H2,1-2H3;1H. The van der Waals surface area contributed by atoms with Crippen molar-refractivity contribution in [3.63, 3.8) is 0 Å². The predicted molar refractivity (Wildman–Crippen MR) is 53.6 cm³/mol. The molecule has 1 N–H and O–H groups in total. The monoisotopic (exact) mass is 192 g/mol. The van der Waals surface area contributed by atoms with Crippen molar-refractivity contribution in [3.05, 3.63) is 39.9 Å². The van der Waals surface area contributed by atoms with Crippen LogP contribution in [0.3, 0.4) is 0 Å². The molecule has 0 aromatic carbocycles. The fraction of sp³-hybridized carbons (Fsp3) is 0.375. The molecule has 0 radical (unpaired) electrons. The molecule has 0 aromatic rings. The first-order chi connectivity index (χ1) is 6.65. The van der Waals surface area contributed by atoms with E-state index in [0.29, 0.717) is 12.1 Å². The summed E-state index contributed by atoms with van der Waals surface area (Å²) in [4.78, 5) is 6.88. The first-order valence-corrected chi connectivity index (χ1v) is 3.93. The highest BCUT2D eigenvalue weighted by molar-refractivity contribution is 5.92. The van der Waals surface area contributed by atoms with Gasteiger partial charge in [0.1, 0.15) is 0 Å². The molecule has 1 rings (SSSR count). The van der Waals surface area contributed by atoms with E-state index in [1.165, 1.54) is 0 Å². The largest absolute Gasteiger partial charge is 0.378 e. The highest BCUT2D eigenvalue weighted by atomic mass is 15.1. The minimum Gasteiger partial charge on any atom is -0.378 e. The Balaban J connectivity index is 0.000000500. The molecule has 0 bridgehead atoms. The van der Waals surface area contributed by atoms with Gasteiger partial charge in [-0.15, -0.1) is 5.53 Å². The van der Waals surface area contributed by atoms with E-state index >= 15 is 0 Å². The Morgan fingerprint density at radius 1 is 1.36 bits per heavy atom. The van der Waals surface area contributed by atoms with Gasteiger partial charge in [0.15, 0.2) is 0 Å². The number of hydrogen-bond donors (Lipinski definition) is 1. The second kappa shape index (κ2) is 6.48. The highest BCUT2D eigenvalue weighted by Gasteiger charge is 2.08. The highest BCUT2D eigenvalue weighted by Crippen LogP contribution is 2.08. The van der Waals surface area contributed by atoms with Gasteiger partial charge in [0.25, 0.3) is 5.71 Å². The van der Waals surface area contributed by atoms with Crippen LogP contribution in [0.2, 0.25) is 0 Å². The van der Waals surface area contributed by atoms with Gasteiger partial charge >= 0.3 is 0 Å². The fourth-order valence-electron chi connectivity index (χ4n) is 0.933. The van der Waals surface area contributed by atoms with Crippen molar-refractivity contribution in [1.29, 1.82) is 5.53 Å². The Labute approximate surface area is 82.2 Å². The van der Waals surface area contributed by atoms with Gasteiger partial charge in [0, 0.05) is 25.9 Å². The molecule has 0 amide bonds. The van der Waals surface area contributed by atoms with E-state index in [9.17, 15) is 0 Å². The smallest absolute Gasteiger partial charge is 0.295 e. The van der Waals surface area contributed by atoms with E-state index in [1.807, 2.05) is 37.2 Å². The van der Waals surface area contributed by atoms with Crippen LogP contribution in [0.15, 0.2) is 23.9 Å². The van der Waals surface area contributed by atoms with Crippen LogP contribution in [0.4, 0.5) is 0 Å². The zero-order valence-corrected chi connectivity index (χ0v) is 8.18. The first kappa shape index (κ1) is 12.0. The van der Waals surface area contributed by atoms with Crippen molar-refractivity contribution < 1.29 is 4.79 Å².